The normalized spacial score (nSPS) is 10.7. The summed E-state index contributed by atoms with van der Waals surface area (Å²) in [6.45, 7) is 0. The van der Waals surface area contributed by atoms with Crippen molar-refractivity contribution in [3.8, 4) is 0 Å². The van der Waals surface area contributed by atoms with E-state index in [2.05, 4.69) is 20.9 Å². The first-order chi connectivity index (χ1) is 6.61. The smallest absolute Gasteiger partial charge is 0.337 e. The third-order valence-electron chi connectivity index (χ3n) is 1.97. The van der Waals surface area contributed by atoms with Crippen LogP contribution in [0.25, 0.3) is 10.9 Å². The minimum absolute atomic E-state index is 0.186. The Hall–Kier alpha value is -1.000. The van der Waals surface area contributed by atoms with Crippen molar-refractivity contribution in [3.63, 3.8) is 0 Å². The molecule has 0 unspecified atom stereocenters. The number of aromatic nitrogens is 1. The highest BCUT2D eigenvalue weighted by molar-refractivity contribution is 9.10. The van der Waals surface area contributed by atoms with Crippen molar-refractivity contribution in [1.29, 1.82) is 0 Å². The lowest BCUT2D eigenvalue weighted by Gasteiger charge is -1.98. The minimum Gasteiger partial charge on any atom is -0.478 e. The van der Waals surface area contributed by atoms with Gasteiger partial charge in [-0.3, -0.25) is 0 Å². The number of aromatic carboxylic acids is 1. The van der Waals surface area contributed by atoms with Gasteiger partial charge in [0, 0.05) is 21.6 Å². The van der Waals surface area contributed by atoms with Gasteiger partial charge < -0.3 is 10.1 Å². The summed E-state index contributed by atoms with van der Waals surface area (Å²) in [6, 6.07) is 3.55. The number of fused-ring (bicyclic) bond motifs is 1. The van der Waals surface area contributed by atoms with Crippen molar-refractivity contribution >= 4 is 44.4 Å². The van der Waals surface area contributed by atoms with Crippen LogP contribution in [-0.4, -0.2) is 16.1 Å². The molecule has 1 heterocycles. The number of benzene rings is 1. The van der Waals surface area contributed by atoms with E-state index in [1.807, 2.05) is 0 Å². The third-order valence-corrected chi connectivity index (χ3v) is 3.25. The number of rotatable bonds is 1. The van der Waals surface area contributed by atoms with Crippen LogP contribution in [0.5, 0.6) is 0 Å². The molecule has 0 radical (unpaired) electrons. The molecule has 0 aliphatic rings. The Labute approximate surface area is 92.8 Å². The molecule has 1 aromatic heterocycles. The van der Waals surface area contributed by atoms with Crippen LogP contribution in [0.2, 0.25) is 5.02 Å². The molecule has 0 aliphatic heterocycles. The molecule has 5 heteroatoms. The van der Waals surface area contributed by atoms with Gasteiger partial charge in [-0.25, -0.2) is 4.79 Å². The van der Waals surface area contributed by atoms with Crippen LogP contribution in [0.15, 0.2) is 22.8 Å². The predicted octanol–water partition coefficient (Wildman–Crippen LogP) is 3.28. The van der Waals surface area contributed by atoms with Gasteiger partial charge in [0.1, 0.15) is 0 Å². The number of hydrogen-bond donors (Lipinski definition) is 2. The van der Waals surface area contributed by atoms with Gasteiger partial charge in [-0.1, -0.05) is 11.6 Å². The fourth-order valence-electron chi connectivity index (χ4n) is 1.33. The average Bonchev–Trinajstić information content (AvgIpc) is 2.55. The second kappa shape index (κ2) is 3.29. The van der Waals surface area contributed by atoms with Gasteiger partial charge >= 0.3 is 5.97 Å². The molecule has 2 N–H and O–H groups in total. The largest absolute Gasteiger partial charge is 0.478 e. The Bertz CT molecular complexity index is 521. The van der Waals surface area contributed by atoms with Crippen LogP contribution in [-0.2, 0) is 0 Å². The molecule has 0 saturated carbocycles. The summed E-state index contributed by atoms with van der Waals surface area (Å²) in [5.74, 6) is -0.990. The van der Waals surface area contributed by atoms with E-state index >= 15 is 0 Å². The highest BCUT2D eigenvalue weighted by atomic mass is 79.9. The fraction of sp³-hybridized carbons (Fsp3) is 0. The maximum Gasteiger partial charge on any atom is 0.337 e. The van der Waals surface area contributed by atoms with Crippen molar-refractivity contribution in [1.82, 2.24) is 4.98 Å². The first-order valence-electron chi connectivity index (χ1n) is 3.79. The molecule has 3 nitrogen and oxygen atoms in total. The third kappa shape index (κ3) is 1.31. The summed E-state index contributed by atoms with van der Waals surface area (Å²) >= 11 is 9.23. The molecule has 0 fully saturated rings. The van der Waals surface area contributed by atoms with Gasteiger partial charge in [-0.15, -0.1) is 0 Å². The van der Waals surface area contributed by atoms with E-state index in [0.29, 0.717) is 14.9 Å². The highest BCUT2D eigenvalue weighted by Gasteiger charge is 2.14. The molecule has 0 bridgehead atoms. The lowest BCUT2D eigenvalue weighted by molar-refractivity contribution is 0.0699. The monoisotopic (exact) mass is 273 g/mol. The maximum atomic E-state index is 10.8. The molecule has 0 saturated heterocycles. The van der Waals surface area contributed by atoms with E-state index in [4.69, 9.17) is 16.7 Å². The molecule has 2 aromatic rings. The summed E-state index contributed by atoms with van der Waals surface area (Å²) in [6.07, 6.45) is 1.44. The van der Waals surface area contributed by atoms with E-state index in [0.717, 1.165) is 5.52 Å². The summed E-state index contributed by atoms with van der Waals surface area (Å²) in [7, 11) is 0. The number of halogens is 2. The zero-order valence-corrected chi connectivity index (χ0v) is 9.19. The Morgan fingerprint density at radius 2 is 2.21 bits per heavy atom. The molecular formula is C9H5BrClNO2. The molecule has 0 atom stereocenters. The molecule has 0 amide bonds. The van der Waals surface area contributed by atoms with E-state index in [9.17, 15) is 4.79 Å². The van der Waals surface area contributed by atoms with Crippen LogP contribution in [0.1, 0.15) is 10.4 Å². The first-order valence-corrected chi connectivity index (χ1v) is 4.96. The molecule has 1 aromatic carbocycles. The maximum absolute atomic E-state index is 10.8. The van der Waals surface area contributed by atoms with E-state index in [-0.39, 0.29) is 5.56 Å². The first kappa shape index (κ1) is 9.55. The molecule has 14 heavy (non-hydrogen) atoms. The fourth-order valence-corrected chi connectivity index (χ4v) is 1.92. The topological polar surface area (TPSA) is 53.1 Å². The lowest BCUT2D eigenvalue weighted by Crippen LogP contribution is -1.93. The van der Waals surface area contributed by atoms with Crippen LogP contribution >= 0.6 is 27.5 Å². The number of carboxylic acid groups (broad SMARTS) is 1. The number of aromatic amines is 1. The Morgan fingerprint density at radius 1 is 1.50 bits per heavy atom. The van der Waals surface area contributed by atoms with Crippen LogP contribution in [0, 0.1) is 0 Å². The highest BCUT2D eigenvalue weighted by Crippen LogP contribution is 2.32. The molecule has 0 aliphatic carbocycles. The quantitative estimate of drug-likeness (QED) is 0.838. The second-order valence-electron chi connectivity index (χ2n) is 2.79. The predicted molar refractivity (Wildman–Crippen MR) is 58.0 cm³/mol. The van der Waals surface area contributed by atoms with Gasteiger partial charge in [-0.2, -0.15) is 0 Å². The van der Waals surface area contributed by atoms with Crippen LogP contribution in [0.3, 0.4) is 0 Å². The van der Waals surface area contributed by atoms with Gasteiger partial charge in [0.15, 0.2) is 0 Å². The minimum atomic E-state index is -0.990. The number of hydrogen-bond acceptors (Lipinski definition) is 1. The van der Waals surface area contributed by atoms with Crippen molar-refractivity contribution in [2.75, 3.05) is 0 Å². The summed E-state index contributed by atoms with van der Waals surface area (Å²) in [4.78, 5) is 13.7. The summed E-state index contributed by atoms with van der Waals surface area (Å²) < 4.78 is 0.689. The van der Waals surface area contributed by atoms with Crippen LogP contribution < -0.4 is 0 Å². The zero-order valence-electron chi connectivity index (χ0n) is 6.84. The van der Waals surface area contributed by atoms with Crippen molar-refractivity contribution in [2.45, 2.75) is 0 Å². The Morgan fingerprint density at radius 3 is 2.86 bits per heavy atom. The standard InChI is InChI=1S/C9H5BrClNO2/c10-5-1-2-6-7(8(5)11)4(3-12-6)9(13)14/h1-3,12H,(H,13,14). The van der Waals surface area contributed by atoms with Crippen molar-refractivity contribution in [2.24, 2.45) is 0 Å². The number of nitrogens with one attached hydrogen (secondary N) is 1. The number of carboxylic acids is 1. The van der Waals surface area contributed by atoms with Gasteiger partial charge in [0.05, 0.1) is 10.6 Å². The van der Waals surface area contributed by atoms with Gasteiger partial charge in [-0.05, 0) is 28.1 Å². The van der Waals surface area contributed by atoms with E-state index < -0.39 is 5.97 Å². The van der Waals surface area contributed by atoms with Crippen LogP contribution in [0.4, 0.5) is 0 Å². The van der Waals surface area contributed by atoms with E-state index in [1.165, 1.54) is 6.20 Å². The molecular weight excluding hydrogens is 269 g/mol. The Kier molecular flexibility index (Phi) is 2.25. The number of carbonyl (C=O) groups is 1. The molecule has 0 spiro atoms. The summed E-state index contributed by atoms with van der Waals surface area (Å²) in [5, 5.41) is 9.85. The SMILES string of the molecule is O=C(O)c1c[nH]c2ccc(Br)c(Cl)c12. The lowest BCUT2D eigenvalue weighted by atomic mass is 10.2. The zero-order chi connectivity index (χ0) is 10.3. The van der Waals surface area contributed by atoms with Crippen molar-refractivity contribution in [3.05, 3.63) is 33.4 Å². The second-order valence-corrected chi connectivity index (χ2v) is 4.02. The van der Waals surface area contributed by atoms with Crippen molar-refractivity contribution < 1.29 is 9.90 Å². The number of H-pyrrole nitrogens is 1. The van der Waals surface area contributed by atoms with Gasteiger partial charge in [0.2, 0.25) is 0 Å². The molecule has 2 rings (SSSR count). The molecule has 72 valence electrons. The van der Waals surface area contributed by atoms with E-state index in [1.54, 1.807) is 12.1 Å². The average molecular weight is 275 g/mol. The Balaban J connectivity index is 2.89. The van der Waals surface area contributed by atoms with Gasteiger partial charge in [0.25, 0.3) is 0 Å². The summed E-state index contributed by atoms with van der Waals surface area (Å²) in [5.41, 5.74) is 0.905.